The molecule has 0 bridgehead atoms. The molecule has 0 N–H and O–H groups in total. The molecule has 1 heteroatoms. The maximum atomic E-state index is 9.02. The van der Waals surface area contributed by atoms with Gasteiger partial charge in [-0.3, -0.25) is 0 Å². The standard InChI is InChI=1S/C11H17N/c1-5-7-8-11(6-2,9-12)10(3)4/h5-7,10H,2,8H2,1,3-4H3. The molecule has 0 heterocycles. The van der Waals surface area contributed by atoms with Crippen molar-refractivity contribution < 1.29 is 0 Å². The number of rotatable bonds is 4. The molecule has 0 amide bonds. The maximum absolute atomic E-state index is 9.02. The number of hydrogen-bond acceptors (Lipinski definition) is 1. The van der Waals surface area contributed by atoms with E-state index in [1.54, 1.807) is 6.08 Å². The van der Waals surface area contributed by atoms with Gasteiger partial charge in [0.1, 0.15) is 0 Å². The van der Waals surface area contributed by atoms with Crippen LogP contribution in [0.4, 0.5) is 0 Å². The van der Waals surface area contributed by atoms with Gasteiger partial charge in [-0.25, -0.2) is 0 Å². The smallest absolute Gasteiger partial charge is 0.0807 e. The quantitative estimate of drug-likeness (QED) is 0.583. The zero-order valence-electron chi connectivity index (χ0n) is 8.17. The average molecular weight is 163 g/mol. The first-order valence-corrected chi connectivity index (χ1v) is 4.29. The summed E-state index contributed by atoms with van der Waals surface area (Å²) in [6.07, 6.45) is 6.52. The third kappa shape index (κ3) is 2.23. The van der Waals surface area contributed by atoms with Crippen LogP contribution in [0.15, 0.2) is 24.8 Å². The van der Waals surface area contributed by atoms with Crippen LogP contribution in [0.25, 0.3) is 0 Å². The molecular formula is C11H17N. The van der Waals surface area contributed by atoms with Crippen LogP contribution in [0.2, 0.25) is 0 Å². The van der Waals surface area contributed by atoms with Crippen LogP contribution in [0, 0.1) is 22.7 Å². The number of allylic oxidation sites excluding steroid dienone is 3. The molecule has 12 heavy (non-hydrogen) atoms. The van der Waals surface area contributed by atoms with Gasteiger partial charge in [-0.2, -0.15) is 5.26 Å². The van der Waals surface area contributed by atoms with E-state index in [9.17, 15) is 0 Å². The molecule has 0 saturated heterocycles. The highest BCUT2D eigenvalue weighted by Gasteiger charge is 2.28. The average Bonchev–Trinajstić information content (AvgIpc) is 2.07. The zero-order valence-corrected chi connectivity index (χ0v) is 8.17. The van der Waals surface area contributed by atoms with Crippen LogP contribution in [-0.4, -0.2) is 0 Å². The highest BCUT2D eigenvalue weighted by Crippen LogP contribution is 2.32. The largest absolute Gasteiger partial charge is 0.197 e. The number of hydrogen-bond donors (Lipinski definition) is 0. The summed E-state index contributed by atoms with van der Waals surface area (Å²) in [5.41, 5.74) is -0.382. The third-order valence-corrected chi connectivity index (χ3v) is 2.29. The molecule has 0 aliphatic heterocycles. The summed E-state index contributed by atoms with van der Waals surface area (Å²) in [5, 5.41) is 9.02. The Morgan fingerprint density at radius 2 is 2.17 bits per heavy atom. The van der Waals surface area contributed by atoms with Crippen molar-refractivity contribution in [2.24, 2.45) is 11.3 Å². The molecule has 0 aliphatic carbocycles. The van der Waals surface area contributed by atoms with Crippen LogP contribution in [0.5, 0.6) is 0 Å². The minimum absolute atomic E-state index is 0.316. The minimum Gasteiger partial charge on any atom is -0.197 e. The second-order valence-corrected chi connectivity index (χ2v) is 3.28. The zero-order chi connectivity index (χ0) is 9.61. The van der Waals surface area contributed by atoms with E-state index < -0.39 is 0 Å². The molecular weight excluding hydrogens is 146 g/mol. The van der Waals surface area contributed by atoms with Crippen LogP contribution < -0.4 is 0 Å². The van der Waals surface area contributed by atoms with Crippen LogP contribution in [0.3, 0.4) is 0 Å². The van der Waals surface area contributed by atoms with Gasteiger partial charge in [0.05, 0.1) is 11.5 Å². The molecule has 0 rings (SSSR count). The highest BCUT2D eigenvalue weighted by atomic mass is 14.4. The Kier molecular flexibility index (Phi) is 4.36. The number of nitrogens with zero attached hydrogens (tertiary/aromatic N) is 1. The van der Waals surface area contributed by atoms with E-state index in [1.165, 1.54) is 0 Å². The molecule has 0 radical (unpaired) electrons. The second kappa shape index (κ2) is 4.77. The summed E-state index contributed by atoms with van der Waals surface area (Å²) in [7, 11) is 0. The second-order valence-electron chi connectivity index (χ2n) is 3.28. The van der Waals surface area contributed by atoms with E-state index in [2.05, 4.69) is 26.5 Å². The van der Waals surface area contributed by atoms with Crippen molar-refractivity contribution in [2.75, 3.05) is 0 Å². The Labute approximate surface area is 75.4 Å². The molecule has 66 valence electrons. The van der Waals surface area contributed by atoms with Gasteiger partial charge in [0.25, 0.3) is 0 Å². The Balaban J connectivity index is 4.61. The Hall–Kier alpha value is -1.03. The molecule has 0 aromatic rings. The summed E-state index contributed by atoms with van der Waals surface area (Å²) in [6.45, 7) is 9.79. The molecule has 0 aromatic heterocycles. The lowest BCUT2D eigenvalue weighted by Gasteiger charge is -2.25. The van der Waals surface area contributed by atoms with E-state index in [1.807, 2.05) is 19.1 Å². The van der Waals surface area contributed by atoms with Gasteiger partial charge in [0, 0.05) is 0 Å². The molecule has 0 aromatic carbocycles. The molecule has 1 atom stereocenters. The molecule has 0 fully saturated rings. The van der Waals surface area contributed by atoms with Crippen molar-refractivity contribution in [3.8, 4) is 6.07 Å². The van der Waals surface area contributed by atoms with E-state index in [0.29, 0.717) is 5.92 Å². The van der Waals surface area contributed by atoms with Gasteiger partial charge in [-0.1, -0.05) is 32.1 Å². The lowest BCUT2D eigenvalue weighted by molar-refractivity contribution is 0.362. The fourth-order valence-electron chi connectivity index (χ4n) is 1.09. The molecule has 1 unspecified atom stereocenters. The molecule has 0 saturated carbocycles. The Bertz CT molecular complexity index is 208. The van der Waals surface area contributed by atoms with Gasteiger partial charge in [-0.05, 0) is 19.3 Å². The van der Waals surface area contributed by atoms with Gasteiger partial charge < -0.3 is 0 Å². The van der Waals surface area contributed by atoms with Crippen LogP contribution in [-0.2, 0) is 0 Å². The lowest BCUT2D eigenvalue weighted by Crippen LogP contribution is -2.21. The Morgan fingerprint density at radius 3 is 2.42 bits per heavy atom. The van der Waals surface area contributed by atoms with Crippen molar-refractivity contribution in [1.82, 2.24) is 0 Å². The van der Waals surface area contributed by atoms with Crippen molar-refractivity contribution >= 4 is 0 Å². The van der Waals surface area contributed by atoms with Crippen molar-refractivity contribution in [3.63, 3.8) is 0 Å². The van der Waals surface area contributed by atoms with E-state index >= 15 is 0 Å². The maximum Gasteiger partial charge on any atom is 0.0807 e. The fraction of sp³-hybridized carbons (Fsp3) is 0.545. The fourth-order valence-corrected chi connectivity index (χ4v) is 1.09. The molecule has 0 aliphatic rings. The first kappa shape index (κ1) is 11.0. The molecule has 1 nitrogen and oxygen atoms in total. The summed E-state index contributed by atoms with van der Waals surface area (Å²) >= 11 is 0. The van der Waals surface area contributed by atoms with Crippen LogP contribution >= 0.6 is 0 Å². The van der Waals surface area contributed by atoms with E-state index in [0.717, 1.165) is 6.42 Å². The monoisotopic (exact) mass is 163 g/mol. The predicted octanol–water partition coefficient (Wildman–Crippen LogP) is 3.30. The van der Waals surface area contributed by atoms with E-state index in [-0.39, 0.29) is 5.41 Å². The summed E-state index contributed by atoms with van der Waals surface area (Å²) in [4.78, 5) is 0. The summed E-state index contributed by atoms with van der Waals surface area (Å²) < 4.78 is 0. The summed E-state index contributed by atoms with van der Waals surface area (Å²) in [5.74, 6) is 0.316. The Morgan fingerprint density at radius 1 is 1.58 bits per heavy atom. The van der Waals surface area contributed by atoms with E-state index in [4.69, 9.17) is 5.26 Å². The summed E-state index contributed by atoms with van der Waals surface area (Å²) in [6, 6.07) is 2.33. The normalized spacial score (nSPS) is 15.9. The lowest BCUT2D eigenvalue weighted by atomic mass is 9.76. The first-order chi connectivity index (χ1) is 5.63. The first-order valence-electron chi connectivity index (χ1n) is 4.29. The van der Waals surface area contributed by atoms with Gasteiger partial charge in [0.2, 0.25) is 0 Å². The number of nitriles is 1. The topological polar surface area (TPSA) is 23.8 Å². The molecule has 0 spiro atoms. The highest BCUT2D eigenvalue weighted by molar-refractivity contribution is 5.14. The SMILES string of the molecule is C=CC(C#N)(CC=CC)C(C)C. The van der Waals surface area contributed by atoms with Crippen molar-refractivity contribution in [3.05, 3.63) is 24.8 Å². The van der Waals surface area contributed by atoms with Gasteiger partial charge in [-0.15, -0.1) is 6.58 Å². The van der Waals surface area contributed by atoms with Gasteiger partial charge in [0.15, 0.2) is 0 Å². The van der Waals surface area contributed by atoms with Crippen LogP contribution in [0.1, 0.15) is 27.2 Å². The van der Waals surface area contributed by atoms with Crippen molar-refractivity contribution in [2.45, 2.75) is 27.2 Å². The predicted molar refractivity (Wildman–Crippen MR) is 52.5 cm³/mol. The van der Waals surface area contributed by atoms with Gasteiger partial charge >= 0.3 is 0 Å². The minimum atomic E-state index is -0.382. The third-order valence-electron chi connectivity index (χ3n) is 2.29. The van der Waals surface area contributed by atoms with Crippen molar-refractivity contribution in [1.29, 1.82) is 5.26 Å².